The highest BCUT2D eigenvalue weighted by Crippen LogP contribution is 2.48. The fourth-order valence-electron chi connectivity index (χ4n) is 2.19. The van der Waals surface area contributed by atoms with Crippen molar-refractivity contribution in [3.63, 3.8) is 0 Å². The Morgan fingerprint density at radius 2 is 2.27 bits per heavy atom. The van der Waals surface area contributed by atoms with Gasteiger partial charge in [0.2, 0.25) is 0 Å². The van der Waals surface area contributed by atoms with Crippen LogP contribution in [0.4, 0.5) is 4.39 Å². The van der Waals surface area contributed by atoms with Crippen molar-refractivity contribution in [3.05, 3.63) is 35.1 Å². The minimum absolute atomic E-state index is 0.107. The predicted octanol–water partition coefficient (Wildman–Crippen LogP) is 2.85. The summed E-state index contributed by atoms with van der Waals surface area (Å²) in [5.41, 5.74) is 2.43. The van der Waals surface area contributed by atoms with E-state index in [4.69, 9.17) is 0 Å². The van der Waals surface area contributed by atoms with Crippen LogP contribution in [0.2, 0.25) is 0 Å². The van der Waals surface area contributed by atoms with Gasteiger partial charge in [-0.3, -0.25) is 0 Å². The molecule has 1 nitrogen and oxygen atoms in total. The first kappa shape index (κ1) is 10.6. The third kappa shape index (κ3) is 2.37. The maximum absolute atomic E-state index is 13.1. The quantitative estimate of drug-likeness (QED) is 0.800. The van der Waals surface area contributed by atoms with Gasteiger partial charge in [-0.1, -0.05) is 13.0 Å². The summed E-state index contributed by atoms with van der Waals surface area (Å²) in [6.07, 6.45) is 1.21. The number of halogens is 1. The van der Waals surface area contributed by atoms with E-state index in [-0.39, 0.29) is 5.82 Å². The van der Waals surface area contributed by atoms with Crippen molar-refractivity contribution in [3.8, 4) is 0 Å². The minimum atomic E-state index is -0.107. The summed E-state index contributed by atoms with van der Waals surface area (Å²) in [6, 6.07) is 5.12. The van der Waals surface area contributed by atoms with Crippen molar-refractivity contribution < 1.29 is 4.39 Å². The summed E-state index contributed by atoms with van der Waals surface area (Å²) in [4.78, 5) is 0. The fraction of sp³-hybridized carbons (Fsp3) is 0.538. The van der Waals surface area contributed by atoms with E-state index in [0.717, 1.165) is 13.1 Å². The van der Waals surface area contributed by atoms with Crippen molar-refractivity contribution in [1.29, 1.82) is 0 Å². The molecule has 2 heteroatoms. The second-order valence-electron chi connectivity index (χ2n) is 4.41. The molecule has 0 aromatic heterocycles. The number of hydrogen-bond acceptors (Lipinski definition) is 1. The number of hydrogen-bond donors (Lipinski definition) is 1. The number of aryl methyl sites for hydroxylation is 1. The Morgan fingerprint density at radius 3 is 3.00 bits per heavy atom. The Kier molecular flexibility index (Phi) is 3.06. The standard InChI is InChI=1S/C13H18FN/c1-3-15-8-10-6-13(10)12-7-11(14)5-4-9(12)2/h4-5,7,10,13,15H,3,6,8H2,1-2H3. The molecule has 82 valence electrons. The van der Waals surface area contributed by atoms with Gasteiger partial charge in [-0.2, -0.15) is 0 Å². The highest BCUT2D eigenvalue weighted by atomic mass is 19.1. The molecule has 0 aliphatic heterocycles. The Labute approximate surface area is 90.7 Å². The third-order valence-electron chi connectivity index (χ3n) is 3.22. The average Bonchev–Trinajstić information content (AvgIpc) is 2.98. The second-order valence-corrected chi connectivity index (χ2v) is 4.41. The van der Waals surface area contributed by atoms with Gasteiger partial charge in [-0.25, -0.2) is 4.39 Å². The first-order valence-electron chi connectivity index (χ1n) is 5.69. The molecular formula is C13H18FN. The Hall–Kier alpha value is -0.890. The first-order chi connectivity index (χ1) is 7.22. The molecule has 2 rings (SSSR count). The maximum Gasteiger partial charge on any atom is 0.123 e. The molecule has 0 bridgehead atoms. The zero-order valence-electron chi connectivity index (χ0n) is 9.39. The lowest BCUT2D eigenvalue weighted by atomic mass is 10.0. The van der Waals surface area contributed by atoms with Crippen molar-refractivity contribution >= 4 is 0 Å². The van der Waals surface area contributed by atoms with Crippen molar-refractivity contribution in [2.24, 2.45) is 5.92 Å². The lowest BCUT2D eigenvalue weighted by Gasteiger charge is -2.05. The number of nitrogens with one attached hydrogen (secondary N) is 1. The molecule has 0 amide bonds. The molecule has 2 atom stereocenters. The summed E-state index contributed by atoms with van der Waals surface area (Å²) in [7, 11) is 0. The molecule has 1 fully saturated rings. The molecule has 1 aromatic rings. The molecule has 0 saturated heterocycles. The van der Waals surface area contributed by atoms with E-state index in [9.17, 15) is 4.39 Å². The van der Waals surface area contributed by atoms with Crippen LogP contribution in [0, 0.1) is 18.7 Å². The van der Waals surface area contributed by atoms with Crippen LogP contribution in [0.3, 0.4) is 0 Å². The van der Waals surface area contributed by atoms with Crippen LogP contribution in [0.25, 0.3) is 0 Å². The molecule has 1 saturated carbocycles. The molecule has 0 radical (unpaired) electrons. The lowest BCUT2D eigenvalue weighted by Crippen LogP contribution is -2.16. The predicted molar refractivity (Wildman–Crippen MR) is 60.5 cm³/mol. The van der Waals surface area contributed by atoms with Crippen LogP contribution in [0.5, 0.6) is 0 Å². The number of benzene rings is 1. The zero-order valence-corrected chi connectivity index (χ0v) is 9.39. The van der Waals surface area contributed by atoms with Gasteiger partial charge in [0.15, 0.2) is 0 Å². The Bertz CT molecular complexity index is 348. The molecule has 1 N–H and O–H groups in total. The van der Waals surface area contributed by atoms with Crippen LogP contribution < -0.4 is 5.32 Å². The topological polar surface area (TPSA) is 12.0 Å². The van der Waals surface area contributed by atoms with Gasteiger partial charge in [-0.05, 0) is 61.5 Å². The largest absolute Gasteiger partial charge is 0.317 e. The zero-order chi connectivity index (χ0) is 10.8. The summed E-state index contributed by atoms with van der Waals surface area (Å²) >= 11 is 0. The molecule has 1 aliphatic rings. The van der Waals surface area contributed by atoms with E-state index >= 15 is 0 Å². The van der Waals surface area contributed by atoms with Crippen LogP contribution in [0.15, 0.2) is 18.2 Å². The monoisotopic (exact) mass is 207 g/mol. The smallest absolute Gasteiger partial charge is 0.123 e. The van der Waals surface area contributed by atoms with Crippen molar-refractivity contribution in [2.75, 3.05) is 13.1 Å². The summed E-state index contributed by atoms with van der Waals surface area (Å²) < 4.78 is 13.1. The van der Waals surface area contributed by atoms with Crippen LogP contribution in [-0.4, -0.2) is 13.1 Å². The highest BCUT2D eigenvalue weighted by Gasteiger charge is 2.38. The van der Waals surface area contributed by atoms with Crippen molar-refractivity contribution in [2.45, 2.75) is 26.2 Å². The summed E-state index contributed by atoms with van der Waals surface area (Å²) in [5, 5.41) is 3.35. The molecule has 2 unspecified atom stereocenters. The highest BCUT2D eigenvalue weighted by molar-refractivity contribution is 5.34. The molecule has 1 aromatic carbocycles. The minimum Gasteiger partial charge on any atom is -0.317 e. The lowest BCUT2D eigenvalue weighted by molar-refractivity contribution is 0.620. The molecule has 15 heavy (non-hydrogen) atoms. The van der Waals surface area contributed by atoms with Gasteiger partial charge in [0.05, 0.1) is 0 Å². The van der Waals surface area contributed by atoms with Gasteiger partial charge < -0.3 is 5.32 Å². The van der Waals surface area contributed by atoms with Crippen molar-refractivity contribution in [1.82, 2.24) is 5.32 Å². The van der Waals surface area contributed by atoms with E-state index < -0.39 is 0 Å². The Morgan fingerprint density at radius 1 is 1.47 bits per heavy atom. The van der Waals surface area contributed by atoms with Gasteiger partial charge in [0.25, 0.3) is 0 Å². The van der Waals surface area contributed by atoms with Crippen LogP contribution >= 0.6 is 0 Å². The van der Waals surface area contributed by atoms with Gasteiger partial charge in [-0.15, -0.1) is 0 Å². The second kappa shape index (κ2) is 4.31. The average molecular weight is 207 g/mol. The number of rotatable bonds is 4. The van der Waals surface area contributed by atoms with E-state index in [1.54, 1.807) is 12.1 Å². The fourth-order valence-corrected chi connectivity index (χ4v) is 2.19. The SMILES string of the molecule is CCNCC1CC1c1cc(F)ccc1C. The molecular weight excluding hydrogens is 189 g/mol. The van der Waals surface area contributed by atoms with Gasteiger partial charge in [0.1, 0.15) is 5.82 Å². The van der Waals surface area contributed by atoms with Gasteiger partial charge in [0, 0.05) is 0 Å². The molecule has 0 spiro atoms. The summed E-state index contributed by atoms with van der Waals surface area (Å²) in [5.74, 6) is 1.19. The Balaban J connectivity index is 2.03. The van der Waals surface area contributed by atoms with E-state index in [0.29, 0.717) is 11.8 Å². The van der Waals surface area contributed by atoms with E-state index in [2.05, 4.69) is 19.2 Å². The van der Waals surface area contributed by atoms with Gasteiger partial charge >= 0.3 is 0 Å². The van der Waals surface area contributed by atoms with E-state index in [1.165, 1.54) is 17.5 Å². The maximum atomic E-state index is 13.1. The normalized spacial score (nSPS) is 24.2. The van der Waals surface area contributed by atoms with Crippen LogP contribution in [-0.2, 0) is 0 Å². The molecule has 0 heterocycles. The first-order valence-corrected chi connectivity index (χ1v) is 5.69. The molecule has 1 aliphatic carbocycles. The van der Waals surface area contributed by atoms with E-state index in [1.807, 2.05) is 6.07 Å². The third-order valence-corrected chi connectivity index (χ3v) is 3.22. The van der Waals surface area contributed by atoms with Crippen LogP contribution in [0.1, 0.15) is 30.4 Å². The summed E-state index contributed by atoms with van der Waals surface area (Å²) in [6.45, 7) is 6.27.